The van der Waals surface area contributed by atoms with Gasteiger partial charge in [0.2, 0.25) is 0 Å². The van der Waals surface area contributed by atoms with Crippen LogP contribution in [0.25, 0.3) is 0 Å². The first-order valence-electron chi connectivity index (χ1n) is 5.58. The van der Waals surface area contributed by atoms with Crippen molar-refractivity contribution in [2.45, 2.75) is 13.0 Å². The molecule has 0 spiro atoms. The maximum absolute atomic E-state index is 13.1. The summed E-state index contributed by atoms with van der Waals surface area (Å²) in [5.41, 5.74) is 6.53. The van der Waals surface area contributed by atoms with Crippen molar-refractivity contribution in [1.29, 1.82) is 0 Å². The third kappa shape index (κ3) is 3.10. The zero-order valence-electron chi connectivity index (χ0n) is 9.91. The zero-order valence-corrected chi connectivity index (χ0v) is 12.3. The summed E-state index contributed by atoms with van der Waals surface area (Å²) < 4.78 is 14.2. The SMILES string of the molecule is Cc1sc(C(CN)Nc2cccc(F)c2)cc1Br. The Morgan fingerprint density at radius 2 is 2.22 bits per heavy atom. The Labute approximate surface area is 118 Å². The summed E-state index contributed by atoms with van der Waals surface area (Å²) in [5.74, 6) is -0.251. The molecule has 3 N–H and O–H groups in total. The molecule has 0 saturated carbocycles. The number of halogens is 2. The number of nitrogens with one attached hydrogen (secondary N) is 1. The van der Waals surface area contributed by atoms with E-state index in [0.717, 1.165) is 15.0 Å². The lowest BCUT2D eigenvalue weighted by molar-refractivity contribution is 0.627. The molecule has 0 aliphatic heterocycles. The van der Waals surface area contributed by atoms with Crippen LogP contribution in [0.5, 0.6) is 0 Å². The maximum Gasteiger partial charge on any atom is 0.125 e. The predicted octanol–water partition coefficient (Wildman–Crippen LogP) is 4.07. The summed E-state index contributed by atoms with van der Waals surface area (Å²) in [6.07, 6.45) is 0. The van der Waals surface area contributed by atoms with Crippen molar-refractivity contribution in [2.75, 3.05) is 11.9 Å². The zero-order chi connectivity index (χ0) is 13.1. The van der Waals surface area contributed by atoms with Gasteiger partial charge < -0.3 is 11.1 Å². The van der Waals surface area contributed by atoms with Gasteiger partial charge in [-0.1, -0.05) is 6.07 Å². The number of rotatable bonds is 4. The van der Waals surface area contributed by atoms with Gasteiger partial charge >= 0.3 is 0 Å². The van der Waals surface area contributed by atoms with Gasteiger partial charge in [0.1, 0.15) is 5.82 Å². The minimum absolute atomic E-state index is 0.00167. The van der Waals surface area contributed by atoms with Gasteiger partial charge in [-0.15, -0.1) is 11.3 Å². The molecule has 0 bridgehead atoms. The van der Waals surface area contributed by atoms with E-state index in [9.17, 15) is 4.39 Å². The minimum Gasteiger partial charge on any atom is -0.376 e. The van der Waals surface area contributed by atoms with E-state index in [0.29, 0.717) is 6.54 Å². The highest BCUT2D eigenvalue weighted by molar-refractivity contribution is 9.10. The van der Waals surface area contributed by atoms with Crippen LogP contribution in [0, 0.1) is 12.7 Å². The highest BCUT2D eigenvalue weighted by Gasteiger charge is 2.13. The Morgan fingerprint density at radius 3 is 2.78 bits per heavy atom. The second-order valence-corrected chi connectivity index (χ2v) is 6.14. The average Bonchev–Trinajstić information content (AvgIpc) is 2.66. The van der Waals surface area contributed by atoms with Crippen molar-refractivity contribution in [2.24, 2.45) is 5.73 Å². The summed E-state index contributed by atoms with van der Waals surface area (Å²) >= 11 is 5.18. The average molecular weight is 329 g/mol. The molecule has 0 fully saturated rings. The Hall–Kier alpha value is -0.910. The fourth-order valence-electron chi connectivity index (χ4n) is 1.68. The molecule has 1 atom stereocenters. The van der Waals surface area contributed by atoms with E-state index >= 15 is 0 Å². The molecular formula is C13H14BrFN2S. The summed E-state index contributed by atoms with van der Waals surface area (Å²) in [7, 11) is 0. The fraction of sp³-hybridized carbons (Fsp3) is 0.231. The van der Waals surface area contributed by atoms with E-state index in [2.05, 4.69) is 27.3 Å². The lowest BCUT2D eigenvalue weighted by Crippen LogP contribution is -2.19. The Balaban J connectivity index is 2.19. The summed E-state index contributed by atoms with van der Waals surface area (Å²) in [6, 6.07) is 8.47. The summed E-state index contributed by atoms with van der Waals surface area (Å²) in [5, 5.41) is 3.25. The quantitative estimate of drug-likeness (QED) is 0.887. The molecule has 1 aromatic heterocycles. The minimum atomic E-state index is -0.251. The number of hydrogen-bond donors (Lipinski definition) is 2. The smallest absolute Gasteiger partial charge is 0.125 e. The Kier molecular flexibility index (Phi) is 4.37. The maximum atomic E-state index is 13.1. The Morgan fingerprint density at radius 1 is 1.44 bits per heavy atom. The highest BCUT2D eigenvalue weighted by atomic mass is 79.9. The van der Waals surface area contributed by atoms with Crippen LogP contribution in [-0.4, -0.2) is 6.54 Å². The molecule has 0 aliphatic rings. The summed E-state index contributed by atoms with van der Waals surface area (Å²) in [4.78, 5) is 2.36. The highest BCUT2D eigenvalue weighted by Crippen LogP contribution is 2.31. The first-order valence-corrected chi connectivity index (χ1v) is 7.19. The van der Waals surface area contributed by atoms with Gasteiger partial charge in [-0.05, 0) is 47.1 Å². The van der Waals surface area contributed by atoms with Crippen LogP contribution >= 0.6 is 27.3 Å². The molecule has 0 saturated heterocycles. The van der Waals surface area contributed by atoms with Gasteiger partial charge in [0, 0.05) is 26.5 Å². The van der Waals surface area contributed by atoms with Gasteiger partial charge in [-0.3, -0.25) is 0 Å². The lowest BCUT2D eigenvalue weighted by Gasteiger charge is -2.16. The van der Waals surface area contributed by atoms with E-state index in [1.165, 1.54) is 17.0 Å². The molecule has 18 heavy (non-hydrogen) atoms. The molecule has 0 aliphatic carbocycles. The van der Waals surface area contributed by atoms with Crippen LogP contribution in [0.3, 0.4) is 0 Å². The van der Waals surface area contributed by atoms with Gasteiger partial charge in [-0.25, -0.2) is 4.39 Å². The van der Waals surface area contributed by atoms with Gasteiger partial charge in [0.25, 0.3) is 0 Å². The van der Waals surface area contributed by atoms with Crippen molar-refractivity contribution in [1.82, 2.24) is 0 Å². The van der Waals surface area contributed by atoms with E-state index in [4.69, 9.17) is 5.73 Å². The molecule has 1 unspecified atom stereocenters. The Bertz CT molecular complexity index is 522. The lowest BCUT2D eigenvalue weighted by atomic mass is 10.2. The van der Waals surface area contributed by atoms with E-state index in [1.54, 1.807) is 17.4 Å². The molecule has 96 valence electrons. The standard InChI is InChI=1S/C13H14BrFN2S/c1-8-11(14)6-13(18-8)12(7-16)17-10-4-2-3-9(15)5-10/h2-6,12,17H,7,16H2,1H3. The van der Waals surface area contributed by atoms with Gasteiger partial charge in [0.15, 0.2) is 0 Å². The molecule has 2 aromatic rings. The second kappa shape index (κ2) is 5.82. The third-order valence-electron chi connectivity index (χ3n) is 2.62. The van der Waals surface area contributed by atoms with E-state index in [1.807, 2.05) is 13.0 Å². The molecule has 1 heterocycles. The summed E-state index contributed by atoms with van der Waals surface area (Å²) in [6.45, 7) is 2.51. The molecule has 2 nitrogen and oxygen atoms in total. The van der Waals surface area contributed by atoms with Crippen molar-refractivity contribution >= 4 is 33.0 Å². The first-order chi connectivity index (χ1) is 8.60. The number of hydrogen-bond acceptors (Lipinski definition) is 3. The number of aryl methyl sites for hydroxylation is 1. The fourth-order valence-corrected chi connectivity index (χ4v) is 3.30. The number of thiophene rings is 1. The molecule has 0 radical (unpaired) electrons. The van der Waals surface area contributed by atoms with Crippen LogP contribution in [0.1, 0.15) is 15.8 Å². The van der Waals surface area contributed by atoms with Crippen molar-refractivity contribution in [3.8, 4) is 0 Å². The monoisotopic (exact) mass is 328 g/mol. The largest absolute Gasteiger partial charge is 0.376 e. The number of benzene rings is 1. The topological polar surface area (TPSA) is 38.0 Å². The molecule has 2 rings (SSSR count). The first kappa shape index (κ1) is 13.5. The normalized spacial score (nSPS) is 12.4. The molecule has 1 aromatic carbocycles. The van der Waals surface area contributed by atoms with Crippen LogP contribution in [0.2, 0.25) is 0 Å². The molecule has 5 heteroatoms. The van der Waals surface area contributed by atoms with Crippen LogP contribution in [0.15, 0.2) is 34.8 Å². The van der Waals surface area contributed by atoms with Crippen molar-refractivity contribution in [3.63, 3.8) is 0 Å². The molecular weight excluding hydrogens is 315 g/mol. The van der Waals surface area contributed by atoms with Crippen molar-refractivity contribution in [3.05, 3.63) is 50.4 Å². The van der Waals surface area contributed by atoms with Crippen LogP contribution in [-0.2, 0) is 0 Å². The van der Waals surface area contributed by atoms with Crippen LogP contribution < -0.4 is 11.1 Å². The van der Waals surface area contributed by atoms with Gasteiger partial charge in [-0.2, -0.15) is 0 Å². The van der Waals surface area contributed by atoms with E-state index in [-0.39, 0.29) is 11.9 Å². The number of nitrogens with two attached hydrogens (primary N) is 1. The van der Waals surface area contributed by atoms with Gasteiger partial charge in [0.05, 0.1) is 6.04 Å². The predicted molar refractivity (Wildman–Crippen MR) is 78.6 cm³/mol. The van der Waals surface area contributed by atoms with Crippen molar-refractivity contribution < 1.29 is 4.39 Å². The molecule has 0 amide bonds. The van der Waals surface area contributed by atoms with Crippen LogP contribution in [0.4, 0.5) is 10.1 Å². The third-order valence-corrected chi connectivity index (χ3v) is 4.87. The van der Waals surface area contributed by atoms with E-state index < -0.39 is 0 Å². The second-order valence-electron chi connectivity index (χ2n) is 4.00. The number of anilines is 1.